The first-order valence-corrected chi connectivity index (χ1v) is 11.2. The van der Waals surface area contributed by atoms with E-state index in [0.717, 1.165) is 12.8 Å². The Morgan fingerprint density at radius 1 is 0.704 bits per heavy atom. The molecule has 0 rings (SSSR count). The van der Waals surface area contributed by atoms with Gasteiger partial charge in [0.15, 0.2) is 0 Å². The number of carboxylic acids is 1. The van der Waals surface area contributed by atoms with E-state index >= 15 is 0 Å². The first-order chi connectivity index (χ1) is 12.9. The van der Waals surface area contributed by atoms with Crippen LogP contribution in [0.15, 0.2) is 0 Å². The molecule has 0 aliphatic heterocycles. The smallest absolute Gasteiger partial charge is 0.303 e. The highest BCUT2D eigenvalue weighted by Crippen LogP contribution is 2.12. The molecule has 0 saturated carbocycles. The lowest BCUT2D eigenvalue weighted by molar-refractivity contribution is -0.137. The van der Waals surface area contributed by atoms with Gasteiger partial charge in [0.25, 0.3) is 0 Å². The van der Waals surface area contributed by atoms with Gasteiger partial charge in [-0.2, -0.15) is 0 Å². The molecule has 4 N–H and O–H groups in total. The quantitative estimate of drug-likeness (QED) is 0.251. The predicted octanol–water partition coefficient (Wildman–Crippen LogP) is 4.89. The van der Waals surface area contributed by atoms with Crippen molar-refractivity contribution in [1.29, 1.82) is 0 Å². The number of carboxylic acid groups (broad SMARTS) is 1. The van der Waals surface area contributed by atoms with E-state index in [1.807, 2.05) is 0 Å². The van der Waals surface area contributed by atoms with Crippen molar-refractivity contribution in [2.75, 3.05) is 13.1 Å². The number of aliphatic hydroxyl groups is 2. The Kier molecular flexibility index (Phi) is 24.7. The summed E-state index contributed by atoms with van der Waals surface area (Å²) in [5, 5.41) is 28.8. The zero-order valence-electron chi connectivity index (χ0n) is 18.2. The molecule has 5 heteroatoms. The summed E-state index contributed by atoms with van der Waals surface area (Å²) in [4.78, 5) is 10.3. The second-order valence-corrected chi connectivity index (χ2v) is 7.74. The summed E-state index contributed by atoms with van der Waals surface area (Å²) < 4.78 is 0. The first kappa shape index (κ1) is 28.6. The van der Waals surface area contributed by atoms with Crippen LogP contribution in [0.4, 0.5) is 0 Å². The van der Waals surface area contributed by atoms with Gasteiger partial charge in [-0.05, 0) is 20.3 Å². The Morgan fingerprint density at radius 2 is 1.04 bits per heavy atom. The molecule has 0 radical (unpaired) electrons. The summed E-state index contributed by atoms with van der Waals surface area (Å²) in [5.74, 6) is -0.655. The zero-order chi connectivity index (χ0) is 20.8. The fourth-order valence-electron chi connectivity index (χ4n) is 2.80. The molecule has 0 spiro atoms. The Balaban J connectivity index is 0. The van der Waals surface area contributed by atoms with Crippen molar-refractivity contribution >= 4 is 5.97 Å². The topological polar surface area (TPSA) is 89.8 Å². The van der Waals surface area contributed by atoms with Crippen LogP contribution in [0.1, 0.15) is 111 Å². The molecule has 27 heavy (non-hydrogen) atoms. The monoisotopic (exact) mass is 389 g/mol. The molecular weight excluding hydrogens is 342 g/mol. The van der Waals surface area contributed by atoms with Crippen LogP contribution in [0.2, 0.25) is 0 Å². The molecule has 0 heterocycles. The largest absolute Gasteiger partial charge is 0.481 e. The fourth-order valence-corrected chi connectivity index (χ4v) is 2.80. The maximum atomic E-state index is 10.3. The van der Waals surface area contributed by atoms with Crippen molar-refractivity contribution in [1.82, 2.24) is 5.32 Å². The molecule has 2 unspecified atom stereocenters. The lowest BCUT2D eigenvalue weighted by atomic mass is 10.0. The minimum atomic E-state index is -0.655. The van der Waals surface area contributed by atoms with Crippen LogP contribution in [0.3, 0.4) is 0 Å². The minimum Gasteiger partial charge on any atom is -0.481 e. The highest BCUT2D eigenvalue weighted by Gasteiger charge is 1.97. The molecular formula is C22H47NO4. The summed E-state index contributed by atoms with van der Waals surface area (Å²) in [6.45, 7) is 6.76. The Bertz CT molecular complexity index is 288. The van der Waals surface area contributed by atoms with Crippen molar-refractivity contribution < 1.29 is 20.1 Å². The van der Waals surface area contributed by atoms with E-state index < -0.39 is 5.97 Å². The van der Waals surface area contributed by atoms with Gasteiger partial charge in [-0.15, -0.1) is 0 Å². The van der Waals surface area contributed by atoms with Crippen molar-refractivity contribution in [2.24, 2.45) is 0 Å². The second kappa shape index (κ2) is 23.4. The molecule has 0 aromatic heterocycles. The average molecular weight is 390 g/mol. The van der Waals surface area contributed by atoms with Gasteiger partial charge < -0.3 is 20.6 Å². The molecule has 0 fully saturated rings. The summed E-state index contributed by atoms with van der Waals surface area (Å²) in [7, 11) is 0. The molecule has 0 bridgehead atoms. The highest BCUT2D eigenvalue weighted by molar-refractivity contribution is 5.66. The predicted molar refractivity (Wildman–Crippen MR) is 114 cm³/mol. The Labute approximate surface area is 168 Å². The van der Waals surface area contributed by atoms with E-state index in [2.05, 4.69) is 12.2 Å². The molecule has 2 atom stereocenters. The fraction of sp³-hybridized carbons (Fsp3) is 0.955. The molecule has 0 saturated heterocycles. The molecule has 0 aliphatic rings. The standard InChI is InChI=1S/C16H32O2.C6H15NO2/c1-2-3-4-5-6-7-8-9-10-11-12-13-14-15-16(17)18;1-5(8)3-7-4-6(2)9/h2-15H2,1H3,(H,17,18);5-9H,3-4H2,1-2H3. The van der Waals surface area contributed by atoms with Gasteiger partial charge in [0.2, 0.25) is 0 Å². The van der Waals surface area contributed by atoms with Gasteiger partial charge in [-0.1, -0.05) is 84.0 Å². The zero-order valence-corrected chi connectivity index (χ0v) is 18.2. The van der Waals surface area contributed by atoms with Gasteiger partial charge >= 0.3 is 5.97 Å². The van der Waals surface area contributed by atoms with Crippen molar-refractivity contribution in [3.8, 4) is 0 Å². The van der Waals surface area contributed by atoms with Gasteiger partial charge in [0.05, 0.1) is 12.2 Å². The van der Waals surface area contributed by atoms with Crippen LogP contribution in [0.5, 0.6) is 0 Å². The maximum Gasteiger partial charge on any atom is 0.303 e. The molecule has 0 aromatic rings. The number of aliphatic hydroxyl groups excluding tert-OH is 2. The van der Waals surface area contributed by atoms with Crippen molar-refractivity contribution in [2.45, 2.75) is 123 Å². The van der Waals surface area contributed by atoms with E-state index in [1.165, 1.54) is 70.6 Å². The molecule has 0 amide bonds. The lowest BCUT2D eigenvalue weighted by Gasteiger charge is -2.07. The highest BCUT2D eigenvalue weighted by atomic mass is 16.4. The number of rotatable bonds is 18. The van der Waals surface area contributed by atoms with E-state index in [9.17, 15) is 4.79 Å². The van der Waals surface area contributed by atoms with E-state index in [-0.39, 0.29) is 12.2 Å². The third-order valence-electron chi connectivity index (χ3n) is 4.37. The SMILES string of the molecule is CC(O)CNCC(C)O.CCCCCCCCCCCCCCCC(=O)O. The molecule has 0 aliphatic carbocycles. The minimum absolute atomic E-state index is 0.330. The van der Waals surface area contributed by atoms with Crippen LogP contribution in [0, 0.1) is 0 Å². The number of carbonyl (C=O) groups is 1. The van der Waals surface area contributed by atoms with Crippen molar-refractivity contribution in [3.05, 3.63) is 0 Å². The van der Waals surface area contributed by atoms with E-state index in [1.54, 1.807) is 13.8 Å². The van der Waals surface area contributed by atoms with Gasteiger partial charge in [0, 0.05) is 19.5 Å². The number of hydrogen-bond acceptors (Lipinski definition) is 4. The third-order valence-corrected chi connectivity index (χ3v) is 4.37. The third kappa shape index (κ3) is 33.4. The molecule has 164 valence electrons. The van der Waals surface area contributed by atoms with Crippen LogP contribution in [0.25, 0.3) is 0 Å². The van der Waals surface area contributed by atoms with Crippen LogP contribution in [-0.2, 0) is 4.79 Å². The van der Waals surface area contributed by atoms with Crippen LogP contribution >= 0.6 is 0 Å². The van der Waals surface area contributed by atoms with E-state index in [0.29, 0.717) is 19.5 Å². The summed E-state index contributed by atoms with van der Waals surface area (Å²) in [6.07, 6.45) is 16.6. The van der Waals surface area contributed by atoms with Gasteiger partial charge in [0.1, 0.15) is 0 Å². The summed E-state index contributed by atoms with van der Waals surface area (Å²) in [5.41, 5.74) is 0. The van der Waals surface area contributed by atoms with Crippen LogP contribution < -0.4 is 5.32 Å². The van der Waals surface area contributed by atoms with Gasteiger partial charge in [-0.25, -0.2) is 0 Å². The summed E-state index contributed by atoms with van der Waals surface area (Å²) in [6, 6.07) is 0. The number of aliphatic carboxylic acids is 1. The average Bonchev–Trinajstić information content (AvgIpc) is 2.58. The van der Waals surface area contributed by atoms with Gasteiger partial charge in [-0.3, -0.25) is 4.79 Å². The Hall–Kier alpha value is -0.650. The lowest BCUT2D eigenvalue weighted by Crippen LogP contribution is -2.30. The second-order valence-electron chi connectivity index (χ2n) is 7.74. The van der Waals surface area contributed by atoms with Crippen LogP contribution in [-0.4, -0.2) is 46.6 Å². The number of nitrogens with one attached hydrogen (secondary N) is 1. The summed E-state index contributed by atoms with van der Waals surface area (Å²) >= 11 is 0. The number of hydrogen-bond donors (Lipinski definition) is 4. The van der Waals surface area contributed by atoms with Crippen molar-refractivity contribution in [3.63, 3.8) is 0 Å². The first-order valence-electron chi connectivity index (χ1n) is 11.2. The Morgan fingerprint density at radius 3 is 1.33 bits per heavy atom. The molecule has 0 aromatic carbocycles. The maximum absolute atomic E-state index is 10.3. The number of unbranched alkanes of at least 4 members (excludes halogenated alkanes) is 12. The van der Waals surface area contributed by atoms with E-state index in [4.69, 9.17) is 15.3 Å². The molecule has 5 nitrogen and oxygen atoms in total. The normalized spacial score (nSPS) is 12.9.